The van der Waals surface area contributed by atoms with E-state index in [2.05, 4.69) is 42.6 Å². The highest BCUT2D eigenvalue weighted by atomic mass is 15.3. The number of likely N-dealkylation sites (N-methyl/N-ethyl adjacent to an activating group) is 1. The van der Waals surface area contributed by atoms with Gasteiger partial charge in [0.15, 0.2) is 0 Å². The molecule has 0 fully saturated rings. The number of nitrogens with one attached hydrogen (secondary N) is 1. The lowest BCUT2D eigenvalue weighted by atomic mass is 10.3. The zero-order valence-electron chi connectivity index (χ0n) is 8.49. The van der Waals surface area contributed by atoms with Crippen LogP contribution in [-0.4, -0.2) is 23.4 Å². The molecular formula is C10H17N3. The van der Waals surface area contributed by atoms with Gasteiger partial charge in [-0.25, -0.2) is 0 Å². The molecule has 0 aliphatic heterocycles. The molecule has 0 radical (unpaired) electrons. The fraction of sp³-hybridized carbons (Fsp3) is 0.500. The van der Waals surface area contributed by atoms with Crippen molar-refractivity contribution in [2.24, 2.45) is 0 Å². The highest BCUT2D eigenvalue weighted by molar-refractivity contribution is 5.46. The molecule has 0 saturated carbocycles. The van der Waals surface area contributed by atoms with Gasteiger partial charge in [0, 0.05) is 24.3 Å². The van der Waals surface area contributed by atoms with Crippen LogP contribution in [0.4, 0.5) is 0 Å². The first kappa shape index (κ1) is 9.99. The molecule has 3 heteroatoms. The van der Waals surface area contributed by atoms with Gasteiger partial charge in [0.25, 0.3) is 0 Å². The lowest BCUT2D eigenvalue weighted by Gasteiger charge is -2.02. The Morgan fingerprint density at radius 3 is 2.92 bits per heavy atom. The van der Waals surface area contributed by atoms with E-state index in [1.165, 1.54) is 0 Å². The van der Waals surface area contributed by atoms with E-state index in [0.717, 1.165) is 12.1 Å². The van der Waals surface area contributed by atoms with Gasteiger partial charge in [-0.05, 0) is 20.9 Å². The van der Waals surface area contributed by atoms with Crippen LogP contribution in [0.15, 0.2) is 18.5 Å². The molecular weight excluding hydrogens is 162 g/mol. The van der Waals surface area contributed by atoms with E-state index in [4.69, 9.17) is 0 Å². The number of nitrogens with zero attached hydrogens (tertiary/aromatic N) is 2. The minimum Gasteiger partial charge on any atom is -0.316 e. The van der Waals surface area contributed by atoms with E-state index in [1.807, 2.05) is 17.9 Å². The monoisotopic (exact) mass is 179 g/mol. The summed E-state index contributed by atoms with van der Waals surface area (Å²) in [5, 5.41) is 7.29. The van der Waals surface area contributed by atoms with Crippen molar-refractivity contribution in [2.75, 3.05) is 13.6 Å². The second-order valence-corrected chi connectivity index (χ2v) is 3.31. The van der Waals surface area contributed by atoms with Crippen molar-refractivity contribution in [1.29, 1.82) is 0 Å². The number of hydrogen-bond acceptors (Lipinski definition) is 2. The topological polar surface area (TPSA) is 29.9 Å². The van der Waals surface area contributed by atoms with E-state index >= 15 is 0 Å². The third kappa shape index (κ3) is 3.03. The molecule has 72 valence electrons. The highest BCUT2D eigenvalue weighted by Crippen LogP contribution is 2.06. The SMILES string of the molecule is CNC/C=C/c1cnn(C(C)C)c1. The summed E-state index contributed by atoms with van der Waals surface area (Å²) in [7, 11) is 1.93. The molecule has 0 unspecified atom stereocenters. The fourth-order valence-electron chi connectivity index (χ4n) is 1.03. The minimum absolute atomic E-state index is 0.437. The molecule has 0 spiro atoms. The second-order valence-electron chi connectivity index (χ2n) is 3.31. The molecule has 0 aromatic carbocycles. The summed E-state index contributed by atoms with van der Waals surface area (Å²) in [6.07, 6.45) is 8.09. The van der Waals surface area contributed by atoms with Gasteiger partial charge in [-0.15, -0.1) is 0 Å². The normalized spacial score (nSPS) is 11.7. The second kappa shape index (κ2) is 4.82. The Labute approximate surface area is 79.5 Å². The van der Waals surface area contributed by atoms with Crippen molar-refractivity contribution in [3.63, 3.8) is 0 Å². The maximum absolute atomic E-state index is 4.24. The molecule has 1 N–H and O–H groups in total. The highest BCUT2D eigenvalue weighted by Gasteiger charge is 1.97. The summed E-state index contributed by atoms with van der Waals surface area (Å²) in [4.78, 5) is 0. The minimum atomic E-state index is 0.437. The van der Waals surface area contributed by atoms with E-state index in [0.29, 0.717) is 6.04 Å². The molecule has 1 heterocycles. The van der Waals surface area contributed by atoms with Crippen LogP contribution in [-0.2, 0) is 0 Å². The molecule has 3 nitrogen and oxygen atoms in total. The van der Waals surface area contributed by atoms with Crippen LogP contribution < -0.4 is 5.32 Å². The Morgan fingerprint density at radius 1 is 1.62 bits per heavy atom. The van der Waals surface area contributed by atoms with Gasteiger partial charge in [0.2, 0.25) is 0 Å². The standard InChI is InChI=1S/C10H17N3/c1-9(2)13-8-10(7-12-13)5-4-6-11-3/h4-5,7-9,11H,6H2,1-3H3/b5-4+. The first-order chi connectivity index (χ1) is 6.24. The summed E-state index contributed by atoms with van der Waals surface area (Å²) < 4.78 is 1.96. The Bertz CT molecular complexity index is 273. The Morgan fingerprint density at radius 2 is 2.38 bits per heavy atom. The van der Waals surface area contributed by atoms with Crippen LogP contribution in [0.3, 0.4) is 0 Å². The summed E-state index contributed by atoms with van der Waals surface area (Å²) in [6, 6.07) is 0.437. The maximum Gasteiger partial charge on any atom is 0.0562 e. The molecule has 0 aliphatic rings. The van der Waals surface area contributed by atoms with Crippen molar-refractivity contribution in [3.8, 4) is 0 Å². The van der Waals surface area contributed by atoms with Crippen molar-refractivity contribution in [1.82, 2.24) is 15.1 Å². The van der Waals surface area contributed by atoms with E-state index in [1.54, 1.807) is 0 Å². The molecule has 0 saturated heterocycles. The molecule has 1 rings (SSSR count). The van der Waals surface area contributed by atoms with E-state index in [9.17, 15) is 0 Å². The average molecular weight is 179 g/mol. The lowest BCUT2D eigenvalue weighted by Crippen LogP contribution is -2.03. The summed E-state index contributed by atoms with van der Waals surface area (Å²) >= 11 is 0. The van der Waals surface area contributed by atoms with Gasteiger partial charge in [0.1, 0.15) is 0 Å². The quantitative estimate of drug-likeness (QED) is 0.762. The van der Waals surface area contributed by atoms with Gasteiger partial charge in [-0.3, -0.25) is 4.68 Å². The van der Waals surface area contributed by atoms with Gasteiger partial charge in [0.05, 0.1) is 6.20 Å². The van der Waals surface area contributed by atoms with Gasteiger partial charge >= 0.3 is 0 Å². The van der Waals surface area contributed by atoms with Crippen LogP contribution in [0, 0.1) is 0 Å². The van der Waals surface area contributed by atoms with Crippen molar-refractivity contribution in [2.45, 2.75) is 19.9 Å². The first-order valence-electron chi connectivity index (χ1n) is 4.59. The largest absolute Gasteiger partial charge is 0.316 e. The first-order valence-corrected chi connectivity index (χ1v) is 4.59. The van der Waals surface area contributed by atoms with E-state index in [-0.39, 0.29) is 0 Å². The maximum atomic E-state index is 4.24. The third-order valence-corrected chi connectivity index (χ3v) is 1.78. The van der Waals surface area contributed by atoms with Gasteiger partial charge in [-0.2, -0.15) is 5.10 Å². The molecule has 0 atom stereocenters. The Balaban J connectivity index is 2.58. The summed E-state index contributed by atoms with van der Waals surface area (Å²) in [6.45, 7) is 5.13. The van der Waals surface area contributed by atoms with E-state index < -0.39 is 0 Å². The summed E-state index contributed by atoms with van der Waals surface area (Å²) in [5.74, 6) is 0. The number of aromatic nitrogens is 2. The zero-order valence-corrected chi connectivity index (χ0v) is 8.49. The van der Waals surface area contributed by atoms with Crippen LogP contribution >= 0.6 is 0 Å². The molecule has 0 aliphatic carbocycles. The average Bonchev–Trinajstić information content (AvgIpc) is 2.53. The van der Waals surface area contributed by atoms with Crippen molar-refractivity contribution >= 4 is 6.08 Å². The number of hydrogen-bond donors (Lipinski definition) is 1. The molecule has 1 aromatic heterocycles. The fourth-order valence-corrected chi connectivity index (χ4v) is 1.03. The predicted octanol–water partition coefficient (Wildman–Crippen LogP) is 1.70. The number of rotatable bonds is 4. The Hall–Kier alpha value is -1.09. The van der Waals surface area contributed by atoms with Crippen LogP contribution in [0.5, 0.6) is 0 Å². The molecule has 13 heavy (non-hydrogen) atoms. The summed E-state index contributed by atoms with van der Waals surface area (Å²) in [5.41, 5.74) is 1.16. The molecule has 0 bridgehead atoms. The smallest absolute Gasteiger partial charge is 0.0562 e. The van der Waals surface area contributed by atoms with Crippen LogP contribution in [0.2, 0.25) is 0 Å². The van der Waals surface area contributed by atoms with Crippen molar-refractivity contribution in [3.05, 3.63) is 24.0 Å². The molecule has 1 aromatic rings. The van der Waals surface area contributed by atoms with Crippen LogP contribution in [0.1, 0.15) is 25.5 Å². The zero-order chi connectivity index (χ0) is 9.68. The lowest BCUT2D eigenvalue weighted by molar-refractivity contribution is 0.532. The van der Waals surface area contributed by atoms with Gasteiger partial charge < -0.3 is 5.32 Å². The third-order valence-electron chi connectivity index (χ3n) is 1.78. The predicted molar refractivity (Wildman–Crippen MR) is 55.6 cm³/mol. The Kier molecular flexibility index (Phi) is 3.71. The molecule has 0 amide bonds. The van der Waals surface area contributed by atoms with Crippen LogP contribution in [0.25, 0.3) is 6.08 Å². The van der Waals surface area contributed by atoms with Gasteiger partial charge in [-0.1, -0.05) is 12.2 Å². The van der Waals surface area contributed by atoms with Crippen molar-refractivity contribution < 1.29 is 0 Å².